The molecule has 4 rings (SSSR count). The van der Waals surface area contributed by atoms with E-state index in [1.54, 1.807) is 0 Å². The largest absolute Gasteiger partial charge is 0.408 e. The summed E-state index contributed by atoms with van der Waals surface area (Å²) in [7, 11) is -2.07. The van der Waals surface area contributed by atoms with E-state index in [-0.39, 0.29) is 35.7 Å². The SMILES string of the molecule is CC(C)(C)[Si](C)(C)O[C@H]1[C@H](OCc2ccccc2)[C@H]2O[C@H]2O[C@@H]1COCc1ccccc1. The van der Waals surface area contributed by atoms with Gasteiger partial charge in [-0.05, 0) is 29.3 Å². The topological polar surface area (TPSA) is 49.5 Å². The van der Waals surface area contributed by atoms with Gasteiger partial charge in [0.25, 0.3) is 0 Å². The average molecular weight is 457 g/mol. The Hall–Kier alpha value is -1.54. The van der Waals surface area contributed by atoms with Crippen LogP contribution in [0, 0.1) is 0 Å². The van der Waals surface area contributed by atoms with Gasteiger partial charge in [-0.1, -0.05) is 81.4 Å². The van der Waals surface area contributed by atoms with E-state index in [9.17, 15) is 0 Å². The predicted molar refractivity (Wildman–Crippen MR) is 127 cm³/mol. The van der Waals surface area contributed by atoms with Crippen LogP contribution in [0.15, 0.2) is 60.7 Å². The first-order chi connectivity index (χ1) is 15.2. The molecule has 2 aromatic carbocycles. The van der Waals surface area contributed by atoms with Crippen LogP contribution in [0.1, 0.15) is 31.9 Å². The summed E-state index contributed by atoms with van der Waals surface area (Å²) < 4.78 is 31.4. The molecule has 0 aromatic heterocycles. The summed E-state index contributed by atoms with van der Waals surface area (Å²) in [6.07, 6.45) is -0.982. The second kappa shape index (κ2) is 9.75. The van der Waals surface area contributed by atoms with Crippen LogP contribution < -0.4 is 0 Å². The summed E-state index contributed by atoms with van der Waals surface area (Å²) in [5.74, 6) is 0. The molecule has 2 saturated heterocycles. The fourth-order valence-corrected chi connectivity index (χ4v) is 5.04. The van der Waals surface area contributed by atoms with E-state index in [2.05, 4.69) is 58.1 Å². The second-order valence-corrected chi connectivity index (χ2v) is 15.0. The fraction of sp³-hybridized carbons (Fsp3) is 0.538. The lowest BCUT2D eigenvalue weighted by molar-refractivity contribution is -0.164. The number of fused-ring (bicyclic) bond motifs is 1. The standard InChI is InChI=1S/C26H36O5Si/c1-26(2,3)32(4,5)31-22-21(18-27-16-19-12-8-6-9-13-19)29-25-24(30-25)23(22)28-17-20-14-10-7-11-15-20/h6-15,21-25H,16-18H2,1-5H3/t21-,22-,23+,24-,25-/m1/s1. The van der Waals surface area contributed by atoms with E-state index in [4.69, 9.17) is 23.4 Å². The van der Waals surface area contributed by atoms with Gasteiger partial charge in [0, 0.05) is 0 Å². The maximum absolute atomic E-state index is 6.89. The molecule has 0 spiro atoms. The lowest BCUT2D eigenvalue weighted by atomic mass is 10.0. The normalized spacial score (nSPS) is 27.7. The molecule has 0 aliphatic carbocycles. The molecule has 0 radical (unpaired) electrons. The summed E-state index contributed by atoms with van der Waals surface area (Å²) in [5, 5.41) is 0.0771. The lowest BCUT2D eigenvalue weighted by Gasteiger charge is -2.44. The minimum Gasteiger partial charge on any atom is -0.408 e. The average Bonchev–Trinajstić information content (AvgIpc) is 3.53. The van der Waals surface area contributed by atoms with Gasteiger partial charge in [0.05, 0.1) is 19.8 Å². The van der Waals surface area contributed by atoms with Crippen LogP contribution in [0.3, 0.4) is 0 Å². The minimum atomic E-state index is -2.07. The minimum absolute atomic E-state index is 0.0771. The van der Waals surface area contributed by atoms with E-state index in [1.165, 1.54) is 0 Å². The Morgan fingerprint density at radius 3 is 2.00 bits per heavy atom. The highest BCUT2D eigenvalue weighted by Gasteiger charge is 2.59. The van der Waals surface area contributed by atoms with E-state index in [0.717, 1.165) is 11.1 Å². The van der Waals surface area contributed by atoms with Crippen LogP contribution in [0.4, 0.5) is 0 Å². The van der Waals surface area contributed by atoms with Crippen molar-refractivity contribution in [1.29, 1.82) is 0 Å². The van der Waals surface area contributed by atoms with Gasteiger partial charge in [-0.15, -0.1) is 0 Å². The van der Waals surface area contributed by atoms with Gasteiger partial charge in [0.15, 0.2) is 14.6 Å². The zero-order valence-corrected chi connectivity index (χ0v) is 20.8. The first-order valence-corrected chi connectivity index (χ1v) is 14.4. The third-order valence-corrected chi connectivity index (χ3v) is 11.2. The van der Waals surface area contributed by atoms with Gasteiger partial charge < -0.3 is 23.4 Å². The summed E-state index contributed by atoms with van der Waals surface area (Å²) in [5.41, 5.74) is 2.28. The van der Waals surface area contributed by atoms with Crippen molar-refractivity contribution in [3.8, 4) is 0 Å². The monoisotopic (exact) mass is 456 g/mol. The Morgan fingerprint density at radius 2 is 1.41 bits per heavy atom. The highest BCUT2D eigenvalue weighted by atomic mass is 28.4. The Labute approximate surface area is 193 Å². The van der Waals surface area contributed by atoms with Crippen molar-refractivity contribution < 1.29 is 23.4 Å². The lowest BCUT2D eigenvalue weighted by Crippen LogP contribution is -2.57. The van der Waals surface area contributed by atoms with E-state index in [0.29, 0.717) is 19.8 Å². The molecule has 0 saturated carbocycles. The molecule has 0 unspecified atom stereocenters. The molecule has 2 aliphatic heterocycles. The molecule has 2 aliphatic rings. The van der Waals surface area contributed by atoms with Crippen molar-refractivity contribution in [2.75, 3.05) is 6.61 Å². The van der Waals surface area contributed by atoms with Crippen LogP contribution in [-0.2, 0) is 36.6 Å². The number of ether oxygens (including phenoxy) is 4. The van der Waals surface area contributed by atoms with Crippen LogP contribution >= 0.6 is 0 Å². The van der Waals surface area contributed by atoms with Gasteiger partial charge >= 0.3 is 0 Å². The highest BCUT2D eigenvalue weighted by molar-refractivity contribution is 6.74. The molecule has 5 atom stereocenters. The van der Waals surface area contributed by atoms with E-state index < -0.39 is 8.32 Å². The van der Waals surface area contributed by atoms with E-state index >= 15 is 0 Å². The molecule has 0 amide bonds. The third kappa shape index (κ3) is 5.68. The Kier molecular flexibility index (Phi) is 7.20. The number of hydrogen-bond acceptors (Lipinski definition) is 5. The predicted octanol–water partition coefficient (Wildman–Crippen LogP) is 5.30. The van der Waals surface area contributed by atoms with E-state index in [1.807, 2.05) is 36.4 Å². The van der Waals surface area contributed by atoms with Crippen molar-refractivity contribution in [3.05, 3.63) is 71.8 Å². The first-order valence-electron chi connectivity index (χ1n) is 11.5. The second-order valence-electron chi connectivity index (χ2n) is 10.2. The molecule has 0 bridgehead atoms. The van der Waals surface area contributed by atoms with Gasteiger partial charge in [-0.2, -0.15) is 0 Å². The van der Waals surface area contributed by atoms with Crippen molar-refractivity contribution in [2.45, 2.75) is 82.8 Å². The van der Waals surface area contributed by atoms with Gasteiger partial charge in [0.2, 0.25) is 0 Å². The van der Waals surface area contributed by atoms with Crippen LogP contribution in [0.5, 0.6) is 0 Å². The molecule has 32 heavy (non-hydrogen) atoms. The third-order valence-electron chi connectivity index (χ3n) is 6.72. The van der Waals surface area contributed by atoms with Gasteiger partial charge in [-0.25, -0.2) is 0 Å². The molecule has 6 heteroatoms. The van der Waals surface area contributed by atoms with Crippen molar-refractivity contribution in [2.24, 2.45) is 0 Å². The number of epoxide rings is 1. The van der Waals surface area contributed by atoms with Crippen LogP contribution in [-0.4, -0.2) is 45.6 Å². The van der Waals surface area contributed by atoms with Crippen LogP contribution in [0.2, 0.25) is 18.1 Å². The van der Waals surface area contributed by atoms with Gasteiger partial charge in [-0.3, -0.25) is 0 Å². The summed E-state index contributed by atoms with van der Waals surface area (Å²) >= 11 is 0. The Bertz CT molecular complexity index is 852. The summed E-state index contributed by atoms with van der Waals surface area (Å²) in [4.78, 5) is 0. The zero-order chi connectivity index (χ0) is 22.8. The molecule has 5 nitrogen and oxygen atoms in total. The molecule has 174 valence electrons. The zero-order valence-electron chi connectivity index (χ0n) is 19.8. The quantitative estimate of drug-likeness (QED) is 0.378. The molecule has 2 fully saturated rings. The summed E-state index contributed by atoms with van der Waals surface area (Å²) in [6, 6.07) is 20.4. The molecular weight excluding hydrogens is 420 g/mol. The maximum Gasteiger partial charge on any atom is 0.192 e. The smallest absolute Gasteiger partial charge is 0.192 e. The highest BCUT2D eigenvalue weighted by Crippen LogP contribution is 2.44. The van der Waals surface area contributed by atoms with Crippen molar-refractivity contribution in [1.82, 2.24) is 0 Å². The fourth-order valence-electron chi connectivity index (χ4n) is 3.72. The maximum atomic E-state index is 6.89. The molecule has 2 heterocycles. The Balaban J connectivity index is 1.48. The van der Waals surface area contributed by atoms with Crippen molar-refractivity contribution in [3.63, 3.8) is 0 Å². The van der Waals surface area contributed by atoms with Crippen molar-refractivity contribution >= 4 is 8.32 Å². The Morgan fingerprint density at radius 1 is 0.812 bits per heavy atom. The first kappa shape index (κ1) is 23.6. The summed E-state index contributed by atoms with van der Waals surface area (Å²) in [6.45, 7) is 12.8. The van der Waals surface area contributed by atoms with Gasteiger partial charge in [0.1, 0.15) is 24.4 Å². The number of benzene rings is 2. The molecule has 2 aromatic rings. The molecular formula is C26H36O5Si. The number of hydrogen-bond donors (Lipinski definition) is 0. The number of rotatable bonds is 9. The molecule has 0 N–H and O–H groups in total. The van der Waals surface area contributed by atoms with Crippen LogP contribution in [0.25, 0.3) is 0 Å².